The monoisotopic (exact) mass is 165 g/mol. The molecule has 0 saturated heterocycles. The number of rotatable bonds is 2. The van der Waals surface area contributed by atoms with Gasteiger partial charge in [-0.2, -0.15) is 0 Å². The van der Waals surface area contributed by atoms with Crippen LogP contribution in [0.1, 0.15) is 25.0 Å². The molecular weight excluding hydrogens is 150 g/mol. The first-order valence-corrected chi connectivity index (χ1v) is 4.20. The molecule has 0 spiro atoms. The predicted molar refractivity (Wildman–Crippen MR) is 49.5 cm³/mol. The van der Waals surface area contributed by atoms with Gasteiger partial charge in [-0.3, -0.25) is 0 Å². The summed E-state index contributed by atoms with van der Waals surface area (Å²) in [4.78, 5) is 4.16. The fourth-order valence-corrected chi connectivity index (χ4v) is 0.949. The molecule has 1 aromatic heterocycles. The Balaban J connectivity index is 2.92. The summed E-state index contributed by atoms with van der Waals surface area (Å²) in [5, 5.41) is 0. The van der Waals surface area contributed by atoms with Crippen LogP contribution in [0.4, 0.5) is 0 Å². The highest BCUT2D eigenvalue weighted by Gasteiger charge is 2.04. The van der Waals surface area contributed by atoms with Gasteiger partial charge in [-0.1, -0.05) is 0 Å². The molecule has 0 radical (unpaired) electrons. The molecule has 2 nitrogen and oxygen atoms in total. The van der Waals surface area contributed by atoms with Gasteiger partial charge in [0.1, 0.15) is 0 Å². The molecule has 0 aliphatic carbocycles. The van der Waals surface area contributed by atoms with Crippen molar-refractivity contribution in [3.05, 3.63) is 23.4 Å². The minimum atomic E-state index is 0.193. The van der Waals surface area contributed by atoms with Gasteiger partial charge in [0.05, 0.1) is 6.10 Å². The van der Waals surface area contributed by atoms with Gasteiger partial charge in [0, 0.05) is 11.8 Å². The largest absolute Gasteiger partial charge is 0.475 e. The molecule has 66 valence electrons. The van der Waals surface area contributed by atoms with Crippen molar-refractivity contribution in [2.45, 2.75) is 33.8 Å². The average molecular weight is 165 g/mol. The number of hydrogen-bond donors (Lipinski definition) is 0. The van der Waals surface area contributed by atoms with Gasteiger partial charge in [0.15, 0.2) is 0 Å². The molecule has 2 heteroatoms. The van der Waals surface area contributed by atoms with Gasteiger partial charge < -0.3 is 4.74 Å². The van der Waals surface area contributed by atoms with Crippen LogP contribution in [0.5, 0.6) is 5.88 Å². The van der Waals surface area contributed by atoms with Gasteiger partial charge >= 0.3 is 0 Å². The predicted octanol–water partition coefficient (Wildman–Crippen LogP) is 2.49. The normalized spacial score (nSPS) is 10.4. The van der Waals surface area contributed by atoms with E-state index in [9.17, 15) is 0 Å². The molecule has 0 aliphatic heterocycles. The molecule has 0 saturated carbocycles. The number of aryl methyl sites for hydroxylation is 1. The third-order valence-electron chi connectivity index (χ3n) is 1.78. The Kier molecular flexibility index (Phi) is 2.69. The van der Waals surface area contributed by atoms with E-state index in [0.29, 0.717) is 0 Å². The summed E-state index contributed by atoms with van der Waals surface area (Å²) >= 11 is 0. The lowest BCUT2D eigenvalue weighted by Gasteiger charge is -2.11. The topological polar surface area (TPSA) is 22.1 Å². The molecule has 1 rings (SSSR count). The lowest BCUT2D eigenvalue weighted by molar-refractivity contribution is 0.230. The quantitative estimate of drug-likeness (QED) is 0.671. The Morgan fingerprint density at radius 1 is 1.33 bits per heavy atom. The second-order valence-electron chi connectivity index (χ2n) is 3.22. The average Bonchev–Trinajstić information content (AvgIpc) is 1.98. The van der Waals surface area contributed by atoms with Crippen molar-refractivity contribution in [2.24, 2.45) is 0 Å². The molecular formula is C10H15NO. The maximum atomic E-state index is 5.51. The van der Waals surface area contributed by atoms with Crippen LogP contribution in [0.3, 0.4) is 0 Å². The number of hydrogen-bond acceptors (Lipinski definition) is 2. The first-order chi connectivity index (χ1) is 5.61. The zero-order valence-corrected chi connectivity index (χ0v) is 8.09. The summed E-state index contributed by atoms with van der Waals surface area (Å²) in [5.41, 5.74) is 2.35. The number of pyridine rings is 1. The van der Waals surface area contributed by atoms with Gasteiger partial charge in [0.2, 0.25) is 5.88 Å². The van der Waals surface area contributed by atoms with Crippen molar-refractivity contribution < 1.29 is 4.74 Å². The van der Waals surface area contributed by atoms with Crippen LogP contribution in [-0.4, -0.2) is 11.1 Å². The maximum Gasteiger partial charge on any atom is 0.216 e. The molecule has 1 aromatic rings. The van der Waals surface area contributed by atoms with Gasteiger partial charge in [-0.25, -0.2) is 4.98 Å². The second kappa shape index (κ2) is 3.57. The van der Waals surface area contributed by atoms with E-state index < -0.39 is 0 Å². The minimum absolute atomic E-state index is 0.193. The van der Waals surface area contributed by atoms with E-state index in [0.717, 1.165) is 11.4 Å². The van der Waals surface area contributed by atoms with Gasteiger partial charge in [0.25, 0.3) is 0 Å². The summed E-state index contributed by atoms with van der Waals surface area (Å²) in [6.07, 6.45) is 1.97. The molecule has 0 fully saturated rings. The molecule has 1 heterocycles. The summed E-state index contributed by atoms with van der Waals surface area (Å²) in [5.74, 6) is 0.755. The van der Waals surface area contributed by atoms with Crippen molar-refractivity contribution in [2.75, 3.05) is 0 Å². The second-order valence-corrected chi connectivity index (χ2v) is 3.22. The van der Waals surface area contributed by atoms with Crippen LogP contribution in [0, 0.1) is 13.8 Å². The molecule has 0 N–H and O–H groups in total. The van der Waals surface area contributed by atoms with Gasteiger partial charge in [-0.05, 0) is 39.3 Å². The SMILES string of the molecule is Cc1ccnc(OC(C)C)c1C. The van der Waals surface area contributed by atoms with Crippen LogP contribution < -0.4 is 4.74 Å². The standard InChI is InChI=1S/C10H15NO/c1-7(2)12-10-9(4)8(3)5-6-11-10/h5-7H,1-4H3. The van der Waals surface area contributed by atoms with Crippen LogP contribution in [0.15, 0.2) is 12.3 Å². The first kappa shape index (κ1) is 9.04. The number of ether oxygens (including phenoxy) is 1. The third-order valence-corrected chi connectivity index (χ3v) is 1.78. The van der Waals surface area contributed by atoms with Crippen LogP contribution in [0.25, 0.3) is 0 Å². The molecule has 0 unspecified atom stereocenters. The lowest BCUT2D eigenvalue weighted by atomic mass is 10.2. The molecule has 0 atom stereocenters. The first-order valence-electron chi connectivity index (χ1n) is 4.20. The van der Waals surface area contributed by atoms with Crippen molar-refractivity contribution in [1.82, 2.24) is 4.98 Å². The Hall–Kier alpha value is -1.05. The summed E-state index contributed by atoms with van der Waals surface area (Å²) in [6, 6.07) is 1.99. The van der Waals surface area contributed by atoms with Crippen molar-refractivity contribution >= 4 is 0 Å². The molecule has 0 amide bonds. The van der Waals surface area contributed by atoms with E-state index in [4.69, 9.17) is 4.74 Å². The fourth-order valence-electron chi connectivity index (χ4n) is 0.949. The van der Waals surface area contributed by atoms with E-state index in [1.165, 1.54) is 5.56 Å². The molecule has 0 aromatic carbocycles. The van der Waals surface area contributed by atoms with E-state index in [1.807, 2.05) is 26.8 Å². The zero-order chi connectivity index (χ0) is 9.14. The van der Waals surface area contributed by atoms with E-state index in [2.05, 4.69) is 11.9 Å². The Morgan fingerprint density at radius 2 is 2.00 bits per heavy atom. The highest BCUT2D eigenvalue weighted by molar-refractivity contribution is 5.31. The van der Waals surface area contributed by atoms with E-state index in [-0.39, 0.29) is 6.10 Å². The van der Waals surface area contributed by atoms with Crippen LogP contribution in [-0.2, 0) is 0 Å². The zero-order valence-electron chi connectivity index (χ0n) is 8.09. The Bertz CT molecular complexity index is 269. The third kappa shape index (κ3) is 1.97. The van der Waals surface area contributed by atoms with Crippen LogP contribution >= 0.6 is 0 Å². The number of nitrogens with zero attached hydrogens (tertiary/aromatic N) is 1. The highest BCUT2D eigenvalue weighted by Crippen LogP contribution is 2.17. The molecule has 0 bridgehead atoms. The summed E-state index contributed by atoms with van der Waals surface area (Å²) in [6.45, 7) is 8.09. The van der Waals surface area contributed by atoms with Crippen molar-refractivity contribution in [3.8, 4) is 5.88 Å². The van der Waals surface area contributed by atoms with E-state index in [1.54, 1.807) is 6.20 Å². The Morgan fingerprint density at radius 3 is 2.58 bits per heavy atom. The number of aromatic nitrogens is 1. The van der Waals surface area contributed by atoms with Crippen LogP contribution in [0.2, 0.25) is 0 Å². The van der Waals surface area contributed by atoms with Gasteiger partial charge in [-0.15, -0.1) is 0 Å². The maximum absolute atomic E-state index is 5.51. The summed E-state index contributed by atoms with van der Waals surface area (Å²) < 4.78 is 5.51. The minimum Gasteiger partial charge on any atom is -0.475 e. The summed E-state index contributed by atoms with van der Waals surface area (Å²) in [7, 11) is 0. The molecule has 12 heavy (non-hydrogen) atoms. The lowest BCUT2D eigenvalue weighted by Crippen LogP contribution is -2.08. The van der Waals surface area contributed by atoms with Crippen molar-refractivity contribution in [1.29, 1.82) is 0 Å². The fraction of sp³-hybridized carbons (Fsp3) is 0.500. The smallest absolute Gasteiger partial charge is 0.216 e. The highest BCUT2D eigenvalue weighted by atomic mass is 16.5. The molecule has 0 aliphatic rings. The van der Waals surface area contributed by atoms with E-state index >= 15 is 0 Å². The van der Waals surface area contributed by atoms with Crippen molar-refractivity contribution in [3.63, 3.8) is 0 Å². The Labute approximate surface area is 73.6 Å².